The fourth-order valence-corrected chi connectivity index (χ4v) is 7.13. The molecule has 228 valence electrons. The van der Waals surface area contributed by atoms with Crippen LogP contribution in [0, 0.1) is 5.92 Å². The summed E-state index contributed by atoms with van der Waals surface area (Å²) >= 11 is 1.50. The summed E-state index contributed by atoms with van der Waals surface area (Å²) in [5.74, 6) is 0.676. The zero-order valence-electron chi connectivity index (χ0n) is 24.1. The van der Waals surface area contributed by atoms with E-state index in [0.717, 1.165) is 36.4 Å². The number of benzene rings is 1. The number of rotatable bonds is 15. The molecule has 12 heteroatoms. The Balaban J connectivity index is 0.00000560. The number of aliphatic hydroxyl groups is 1. The van der Waals surface area contributed by atoms with E-state index in [9.17, 15) is 19.0 Å². The molecule has 1 unspecified atom stereocenters. The minimum Gasteiger partial charge on any atom is -0.390 e. The molecule has 2 heterocycles. The first-order valence-electron chi connectivity index (χ1n) is 14.1. The van der Waals surface area contributed by atoms with Gasteiger partial charge in [-0.05, 0) is 57.2 Å². The summed E-state index contributed by atoms with van der Waals surface area (Å²) in [5.41, 5.74) is 1.73. The van der Waals surface area contributed by atoms with E-state index in [-0.39, 0.29) is 24.4 Å². The van der Waals surface area contributed by atoms with Crippen LogP contribution in [0.3, 0.4) is 0 Å². The van der Waals surface area contributed by atoms with Gasteiger partial charge in [0.15, 0.2) is 0 Å². The number of nitrogens with one attached hydrogen (secondary N) is 3. The maximum Gasteiger partial charge on any atom is 0.251 e. The highest BCUT2D eigenvalue weighted by molar-refractivity contribution is 8.25. The van der Waals surface area contributed by atoms with Crippen molar-refractivity contribution in [3.8, 4) is 0 Å². The van der Waals surface area contributed by atoms with E-state index in [1.807, 2.05) is 18.4 Å². The van der Waals surface area contributed by atoms with Gasteiger partial charge in [-0.1, -0.05) is 26.7 Å². The molecule has 1 aromatic heterocycles. The Kier molecular flexibility index (Phi) is 14.5. The first-order chi connectivity index (χ1) is 18.6. The summed E-state index contributed by atoms with van der Waals surface area (Å²) in [6.45, 7) is 10.1. The Bertz CT molecular complexity index is 1030. The number of hydrogen-bond donors (Lipinski definition) is 6. The number of carbonyl (C=O) groups excluding carboxylic acids is 1. The second-order valence-corrected chi connectivity index (χ2v) is 13.9. The largest absolute Gasteiger partial charge is 0.390 e. The van der Waals surface area contributed by atoms with Crippen molar-refractivity contribution >= 4 is 51.8 Å². The van der Waals surface area contributed by atoms with E-state index in [0.29, 0.717) is 49.0 Å². The predicted molar refractivity (Wildman–Crippen MR) is 171 cm³/mol. The Morgan fingerprint density at radius 2 is 1.95 bits per heavy atom. The van der Waals surface area contributed by atoms with E-state index >= 15 is 0 Å². The number of amides is 1. The van der Waals surface area contributed by atoms with Crippen LogP contribution >= 0.6 is 34.5 Å². The molecule has 3 rings (SSSR count). The van der Waals surface area contributed by atoms with E-state index in [4.69, 9.17) is 0 Å². The smallest absolute Gasteiger partial charge is 0.251 e. The van der Waals surface area contributed by atoms with Gasteiger partial charge in [-0.25, -0.2) is 4.98 Å². The molecule has 0 aliphatic carbocycles. The maximum atomic E-state index is 13.6. The van der Waals surface area contributed by atoms with Crippen LogP contribution in [0.5, 0.6) is 0 Å². The van der Waals surface area contributed by atoms with Crippen LogP contribution in [0.4, 0.5) is 11.4 Å². The fraction of sp³-hybridized carbons (Fsp3) is 0.643. The van der Waals surface area contributed by atoms with Crippen LogP contribution in [0.2, 0.25) is 0 Å². The summed E-state index contributed by atoms with van der Waals surface area (Å²) in [6.07, 6.45) is 6.29. The number of aromatic nitrogens is 1. The summed E-state index contributed by atoms with van der Waals surface area (Å²) < 4.78 is 23.0. The van der Waals surface area contributed by atoms with Crippen molar-refractivity contribution in [2.75, 3.05) is 35.0 Å². The average molecular weight is 618 g/mol. The molecule has 1 fully saturated rings. The van der Waals surface area contributed by atoms with Crippen LogP contribution in [0.15, 0.2) is 29.8 Å². The van der Waals surface area contributed by atoms with Gasteiger partial charge in [-0.3, -0.25) is 18.2 Å². The Morgan fingerprint density at radius 1 is 1.18 bits per heavy atom. The van der Waals surface area contributed by atoms with Crippen molar-refractivity contribution in [2.45, 2.75) is 84.4 Å². The van der Waals surface area contributed by atoms with Gasteiger partial charge in [0.1, 0.15) is 0 Å². The number of hydrogen-bond acceptors (Lipinski definition) is 9. The number of halogens is 1. The lowest BCUT2D eigenvalue weighted by atomic mass is 10.0. The van der Waals surface area contributed by atoms with Crippen LogP contribution < -0.4 is 20.3 Å². The molecule has 0 bridgehead atoms. The molecule has 3 atom stereocenters. The van der Waals surface area contributed by atoms with Crippen molar-refractivity contribution in [2.24, 2.45) is 5.92 Å². The molecule has 0 spiro atoms. The van der Waals surface area contributed by atoms with Gasteiger partial charge in [0.25, 0.3) is 5.91 Å². The molecule has 1 aliphatic heterocycles. The minimum absolute atomic E-state index is 0. The molecule has 9 nitrogen and oxygen atoms in total. The highest BCUT2D eigenvalue weighted by atomic mass is 35.5. The zero-order valence-corrected chi connectivity index (χ0v) is 26.6. The number of thiazole rings is 1. The molecule has 0 radical (unpaired) electrons. The van der Waals surface area contributed by atoms with Crippen molar-refractivity contribution in [1.82, 2.24) is 15.6 Å². The number of aliphatic hydroxyl groups excluding tert-OH is 1. The summed E-state index contributed by atoms with van der Waals surface area (Å²) in [5, 5.41) is 23.6. The topological polar surface area (TPSA) is 130 Å². The molecule has 1 saturated heterocycles. The molecule has 0 saturated carbocycles. The molecule has 1 aliphatic rings. The van der Waals surface area contributed by atoms with Crippen molar-refractivity contribution in [3.63, 3.8) is 0 Å². The molecule has 40 heavy (non-hydrogen) atoms. The molecule has 2 aromatic rings. The summed E-state index contributed by atoms with van der Waals surface area (Å²) in [6, 6.07) is 5.04. The third kappa shape index (κ3) is 10.7. The number of carbonyl (C=O) groups is 1. The SMILES string of the molecule is CCNc1cc(C(=O)N[C@@H](Cc2nccs2)[C@H](O)CNC(C)CCCC(C)C)cc(N2CCCCS2(O)O)c1.Cl. The highest BCUT2D eigenvalue weighted by Crippen LogP contribution is 2.50. The van der Waals surface area contributed by atoms with E-state index in [1.54, 1.807) is 22.6 Å². The Labute approximate surface area is 251 Å². The van der Waals surface area contributed by atoms with Gasteiger partial charge in [-0.15, -0.1) is 34.5 Å². The average Bonchev–Trinajstić information content (AvgIpc) is 3.39. The van der Waals surface area contributed by atoms with Gasteiger partial charge >= 0.3 is 0 Å². The van der Waals surface area contributed by atoms with Crippen molar-refractivity contribution in [3.05, 3.63) is 40.3 Å². The quantitative estimate of drug-likeness (QED) is 0.149. The summed E-state index contributed by atoms with van der Waals surface area (Å²) in [7, 11) is -2.93. The van der Waals surface area contributed by atoms with Crippen molar-refractivity contribution in [1.29, 1.82) is 0 Å². The van der Waals surface area contributed by atoms with Crippen LogP contribution in [0.1, 0.15) is 75.2 Å². The first kappa shape index (κ1) is 34.6. The monoisotopic (exact) mass is 617 g/mol. The van der Waals surface area contributed by atoms with E-state index < -0.39 is 22.9 Å². The van der Waals surface area contributed by atoms with Gasteiger partial charge in [-0.2, -0.15) is 0 Å². The first-order valence-corrected chi connectivity index (χ1v) is 16.7. The second-order valence-electron chi connectivity index (χ2n) is 10.9. The second kappa shape index (κ2) is 16.7. The number of anilines is 2. The van der Waals surface area contributed by atoms with Crippen LogP contribution in [-0.2, 0) is 6.42 Å². The van der Waals surface area contributed by atoms with Crippen LogP contribution in [-0.4, -0.2) is 68.7 Å². The van der Waals surface area contributed by atoms with Gasteiger partial charge in [0.2, 0.25) is 0 Å². The van der Waals surface area contributed by atoms with E-state index in [1.165, 1.54) is 17.8 Å². The molecule has 1 amide bonds. The predicted octanol–water partition coefficient (Wildman–Crippen LogP) is 5.77. The number of nitrogens with zero attached hydrogens (tertiary/aromatic N) is 2. The molecule has 1 aromatic carbocycles. The third-order valence-electron chi connectivity index (χ3n) is 6.98. The van der Waals surface area contributed by atoms with Crippen LogP contribution in [0.25, 0.3) is 0 Å². The summed E-state index contributed by atoms with van der Waals surface area (Å²) in [4.78, 5) is 17.9. The Hall–Kier alpha value is -1.60. The standard InChI is InChI=1S/C28H47N5O4S2.ClH/c1-5-29-23-15-22(16-24(17-23)33-12-6-7-14-39(33,36)37)28(35)32-25(18-27-30-11-13-38-27)26(34)19-31-21(4)10-8-9-20(2)3;/h11,13,15-17,20-21,25-26,29,31,34,36-37H,5-10,12,14,18-19H2,1-4H3,(H,32,35);1H/t21?,25-,26+;/m0./s1. The lowest BCUT2D eigenvalue weighted by Crippen LogP contribution is -2.49. The van der Waals surface area contributed by atoms with Gasteiger partial charge in [0, 0.05) is 54.9 Å². The zero-order chi connectivity index (χ0) is 28.4. The third-order valence-corrected chi connectivity index (χ3v) is 9.72. The van der Waals surface area contributed by atoms with Crippen molar-refractivity contribution < 1.29 is 19.0 Å². The highest BCUT2D eigenvalue weighted by Gasteiger charge is 2.29. The van der Waals surface area contributed by atoms with Gasteiger partial charge < -0.3 is 21.1 Å². The minimum atomic E-state index is -2.93. The van der Waals surface area contributed by atoms with Gasteiger partial charge in [0.05, 0.1) is 28.6 Å². The molecular weight excluding hydrogens is 570 g/mol. The Morgan fingerprint density at radius 3 is 2.60 bits per heavy atom. The normalized spacial score (nSPS) is 17.9. The maximum absolute atomic E-state index is 13.6. The molecule has 6 N–H and O–H groups in total. The molecular formula is C28H48ClN5O4S2. The lowest BCUT2D eigenvalue weighted by Gasteiger charge is -2.47. The lowest BCUT2D eigenvalue weighted by molar-refractivity contribution is 0.0825. The van der Waals surface area contributed by atoms with E-state index in [2.05, 4.69) is 41.7 Å². The fourth-order valence-electron chi connectivity index (χ4n) is 4.77.